The number of halogens is 2. The van der Waals surface area contributed by atoms with Gasteiger partial charge in [-0.05, 0) is 41.9 Å². The third-order valence-electron chi connectivity index (χ3n) is 5.04. The summed E-state index contributed by atoms with van der Waals surface area (Å²) in [6, 6.07) is 3.76. The topological polar surface area (TPSA) is 73.2 Å². The van der Waals surface area contributed by atoms with Gasteiger partial charge >= 0.3 is 5.97 Å². The molecule has 0 amide bonds. The third-order valence-corrected chi connectivity index (χ3v) is 5.66. The monoisotopic (exact) mass is 489 g/mol. The molecule has 0 saturated carbocycles. The van der Waals surface area contributed by atoms with E-state index in [-0.39, 0.29) is 18.4 Å². The van der Waals surface area contributed by atoms with E-state index in [9.17, 15) is 9.90 Å². The SMILES string of the molecule is CCOC(=O)c1c(C)n(CC(O)CN2CCOCC2)c2cc(Br)c(OC)cc12.[Cl-]. The summed E-state index contributed by atoms with van der Waals surface area (Å²) >= 11 is 3.52. The van der Waals surface area contributed by atoms with E-state index in [1.807, 2.05) is 23.6 Å². The fraction of sp³-hybridized carbons (Fsp3) is 0.550. The second-order valence-electron chi connectivity index (χ2n) is 6.86. The van der Waals surface area contributed by atoms with Crippen molar-refractivity contribution >= 4 is 32.8 Å². The van der Waals surface area contributed by atoms with Gasteiger partial charge in [0.1, 0.15) is 5.75 Å². The number of morpholine rings is 1. The standard InChI is InChI=1S/C20H27BrN2O5.ClH/c1-4-28-20(25)19-13(2)23(12-14(24)11-22-5-7-27-8-6-22)17-10-16(21)18(26-3)9-15(17)19;/h9-10,14,24H,4-8,11-12H2,1-3H3;1H/p-1. The molecule has 0 radical (unpaired) electrons. The fourth-order valence-corrected chi connectivity index (χ4v) is 4.17. The van der Waals surface area contributed by atoms with Gasteiger partial charge in [0.05, 0.1) is 55.1 Å². The van der Waals surface area contributed by atoms with E-state index in [2.05, 4.69) is 20.8 Å². The van der Waals surface area contributed by atoms with Gasteiger partial charge in [0.2, 0.25) is 0 Å². The number of benzene rings is 1. The van der Waals surface area contributed by atoms with Gasteiger partial charge in [-0.1, -0.05) is 0 Å². The van der Waals surface area contributed by atoms with E-state index >= 15 is 0 Å². The van der Waals surface area contributed by atoms with Gasteiger partial charge < -0.3 is 36.3 Å². The normalized spacial score (nSPS) is 15.8. The number of nitrogens with zero attached hydrogens (tertiary/aromatic N) is 2. The lowest BCUT2D eigenvalue weighted by molar-refractivity contribution is -0.0000394. The molecule has 1 saturated heterocycles. The van der Waals surface area contributed by atoms with Crippen LogP contribution in [0.2, 0.25) is 0 Å². The molecule has 7 nitrogen and oxygen atoms in total. The first-order valence-electron chi connectivity index (χ1n) is 9.47. The molecular weight excluding hydrogens is 464 g/mol. The van der Waals surface area contributed by atoms with Crippen molar-refractivity contribution in [2.75, 3.05) is 46.6 Å². The number of β-amino-alcohol motifs (C(OH)–C–C–N with tert-alkyl or cyclic N) is 1. The van der Waals surface area contributed by atoms with Crippen molar-refractivity contribution in [1.29, 1.82) is 0 Å². The Hall–Kier alpha value is -1.32. The first-order valence-corrected chi connectivity index (χ1v) is 10.3. The molecule has 1 unspecified atom stereocenters. The highest BCUT2D eigenvalue weighted by atomic mass is 79.9. The molecule has 2 aromatic rings. The highest BCUT2D eigenvalue weighted by Crippen LogP contribution is 2.35. The van der Waals surface area contributed by atoms with E-state index in [4.69, 9.17) is 14.2 Å². The van der Waals surface area contributed by atoms with Crippen LogP contribution >= 0.6 is 15.9 Å². The van der Waals surface area contributed by atoms with Crippen molar-refractivity contribution in [3.05, 3.63) is 27.9 Å². The van der Waals surface area contributed by atoms with Gasteiger partial charge in [-0.15, -0.1) is 0 Å². The summed E-state index contributed by atoms with van der Waals surface area (Å²) < 4.78 is 18.8. The van der Waals surface area contributed by atoms with Crippen LogP contribution in [0.15, 0.2) is 16.6 Å². The van der Waals surface area contributed by atoms with Crippen molar-refractivity contribution in [1.82, 2.24) is 9.47 Å². The molecule has 3 rings (SSSR count). The zero-order valence-electron chi connectivity index (χ0n) is 16.9. The Bertz CT molecular complexity index is 851. The number of rotatable bonds is 7. The van der Waals surface area contributed by atoms with Crippen molar-refractivity contribution in [2.24, 2.45) is 0 Å². The molecule has 0 bridgehead atoms. The summed E-state index contributed by atoms with van der Waals surface area (Å²) in [6.07, 6.45) is -0.566. The van der Waals surface area contributed by atoms with Gasteiger partial charge in [-0.25, -0.2) is 4.79 Å². The number of ether oxygens (including phenoxy) is 3. The molecule has 2 heterocycles. The first kappa shape index (κ1) is 24.0. The predicted octanol–water partition coefficient (Wildman–Crippen LogP) is -0.405. The van der Waals surface area contributed by atoms with Crippen LogP contribution in [0, 0.1) is 6.92 Å². The number of carbonyl (C=O) groups is 1. The van der Waals surface area contributed by atoms with Crippen LogP contribution in [0.5, 0.6) is 5.75 Å². The Morgan fingerprint density at radius 2 is 2.00 bits per heavy atom. The molecule has 1 fully saturated rings. The minimum atomic E-state index is -0.566. The van der Waals surface area contributed by atoms with E-state index < -0.39 is 6.10 Å². The number of hydrogen-bond acceptors (Lipinski definition) is 6. The molecule has 0 spiro atoms. The molecule has 1 aliphatic heterocycles. The summed E-state index contributed by atoms with van der Waals surface area (Å²) in [5.74, 6) is 0.278. The van der Waals surface area contributed by atoms with Crippen molar-refractivity contribution in [3.63, 3.8) is 0 Å². The van der Waals surface area contributed by atoms with Crippen LogP contribution in [0.3, 0.4) is 0 Å². The minimum Gasteiger partial charge on any atom is -1.00 e. The lowest BCUT2D eigenvalue weighted by atomic mass is 10.1. The molecule has 1 atom stereocenters. The smallest absolute Gasteiger partial charge is 0.340 e. The molecule has 1 aromatic heterocycles. The van der Waals surface area contributed by atoms with Gasteiger partial charge in [-0.2, -0.15) is 0 Å². The molecule has 0 aliphatic carbocycles. The number of aromatic nitrogens is 1. The highest BCUT2D eigenvalue weighted by Gasteiger charge is 2.24. The Balaban J connectivity index is 0.00000300. The second-order valence-corrected chi connectivity index (χ2v) is 7.72. The number of methoxy groups -OCH3 is 1. The first-order chi connectivity index (χ1) is 13.5. The van der Waals surface area contributed by atoms with E-state index in [1.165, 1.54) is 0 Å². The maximum Gasteiger partial charge on any atom is 0.340 e. The number of esters is 1. The third kappa shape index (κ3) is 5.24. The van der Waals surface area contributed by atoms with Gasteiger partial charge in [0.25, 0.3) is 0 Å². The highest BCUT2D eigenvalue weighted by molar-refractivity contribution is 9.10. The number of aliphatic hydroxyl groups is 1. The fourth-order valence-electron chi connectivity index (χ4n) is 3.68. The zero-order chi connectivity index (χ0) is 20.3. The van der Waals surface area contributed by atoms with Crippen LogP contribution in [0.25, 0.3) is 10.9 Å². The van der Waals surface area contributed by atoms with Crippen LogP contribution in [-0.4, -0.2) is 73.2 Å². The van der Waals surface area contributed by atoms with Crippen LogP contribution < -0.4 is 17.1 Å². The number of aliphatic hydroxyl groups excluding tert-OH is 1. The zero-order valence-corrected chi connectivity index (χ0v) is 19.3. The van der Waals surface area contributed by atoms with Crippen LogP contribution in [0.1, 0.15) is 23.0 Å². The number of hydrogen-bond donors (Lipinski definition) is 1. The summed E-state index contributed by atoms with van der Waals surface area (Å²) in [7, 11) is 1.59. The molecule has 9 heteroatoms. The van der Waals surface area contributed by atoms with Crippen molar-refractivity contribution < 1.29 is 36.5 Å². The number of fused-ring (bicyclic) bond motifs is 1. The Kier molecular flexibility index (Phi) is 8.78. The van der Waals surface area contributed by atoms with Gasteiger partial charge in [-0.3, -0.25) is 4.90 Å². The van der Waals surface area contributed by atoms with Crippen molar-refractivity contribution in [3.8, 4) is 5.75 Å². The summed E-state index contributed by atoms with van der Waals surface area (Å²) in [5.41, 5.74) is 2.14. The van der Waals surface area contributed by atoms with E-state index in [1.54, 1.807) is 14.0 Å². The average molecular weight is 491 g/mol. The lowest BCUT2D eigenvalue weighted by Crippen LogP contribution is -3.00. The molecule has 29 heavy (non-hydrogen) atoms. The minimum absolute atomic E-state index is 0. The van der Waals surface area contributed by atoms with Crippen molar-refractivity contribution in [2.45, 2.75) is 26.5 Å². The Morgan fingerprint density at radius 3 is 2.62 bits per heavy atom. The number of carbonyl (C=O) groups excluding carboxylic acids is 1. The Labute approximate surface area is 185 Å². The van der Waals surface area contributed by atoms with Gasteiger partial charge in [0, 0.05) is 30.7 Å². The molecule has 1 aromatic carbocycles. The van der Waals surface area contributed by atoms with Gasteiger partial charge in [0.15, 0.2) is 0 Å². The summed E-state index contributed by atoms with van der Waals surface area (Å²) in [5, 5.41) is 11.5. The van der Waals surface area contributed by atoms with Crippen LogP contribution in [-0.2, 0) is 16.0 Å². The Morgan fingerprint density at radius 1 is 1.31 bits per heavy atom. The molecule has 1 aliphatic rings. The molecule has 162 valence electrons. The summed E-state index contributed by atoms with van der Waals surface area (Å²) in [4.78, 5) is 14.8. The maximum absolute atomic E-state index is 12.6. The maximum atomic E-state index is 12.6. The molecule has 1 N–H and O–H groups in total. The van der Waals surface area contributed by atoms with E-state index in [0.29, 0.717) is 44.2 Å². The lowest BCUT2D eigenvalue weighted by Gasteiger charge is -2.29. The van der Waals surface area contributed by atoms with Crippen LogP contribution in [0.4, 0.5) is 0 Å². The summed E-state index contributed by atoms with van der Waals surface area (Å²) in [6.45, 7) is 7.95. The quantitative estimate of drug-likeness (QED) is 0.532. The predicted molar refractivity (Wildman–Crippen MR) is 110 cm³/mol. The largest absolute Gasteiger partial charge is 1.00 e. The second kappa shape index (κ2) is 10.6. The van der Waals surface area contributed by atoms with E-state index in [0.717, 1.165) is 34.2 Å². The molecular formula is C20H27BrClN2O5-. The average Bonchev–Trinajstić information content (AvgIpc) is 2.93.